The van der Waals surface area contributed by atoms with Crippen LogP contribution in [0.15, 0.2) is 36.4 Å². The van der Waals surface area contributed by atoms with Crippen LogP contribution in [0.2, 0.25) is 0 Å². The molecule has 2 fully saturated rings. The average Bonchev–Trinajstić information content (AvgIpc) is 3.06. The van der Waals surface area contributed by atoms with Gasteiger partial charge in [0.1, 0.15) is 24.4 Å². The minimum atomic E-state index is -0.506. The van der Waals surface area contributed by atoms with Gasteiger partial charge in [-0.15, -0.1) is 0 Å². The summed E-state index contributed by atoms with van der Waals surface area (Å²) in [5, 5.41) is 11.2. The Kier molecular flexibility index (Phi) is 15.1. The van der Waals surface area contributed by atoms with E-state index in [0.29, 0.717) is 23.1 Å². The molecule has 9 heteroatoms. The zero-order valence-electron chi connectivity index (χ0n) is 39.1. The van der Waals surface area contributed by atoms with Crippen LogP contribution in [-0.4, -0.2) is 86.9 Å². The Balaban J connectivity index is 0.000000310. The normalized spacial score (nSPS) is 19.7. The van der Waals surface area contributed by atoms with Crippen molar-refractivity contribution < 1.29 is 33.8 Å². The van der Waals surface area contributed by atoms with E-state index >= 15 is 0 Å². The molecule has 58 heavy (non-hydrogen) atoms. The van der Waals surface area contributed by atoms with Crippen LogP contribution in [0, 0.1) is 0 Å². The van der Waals surface area contributed by atoms with Crippen LogP contribution in [0.1, 0.15) is 186 Å². The Hall–Kier alpha value is -3.56. The Bertz CT molecular complexity index is 1700. The number of unbranched alkanes of at least 4 members (excludes halogenated alkanes) is 1. The molecule has 2 aliphatic rings. The number of Topliss-reactive ketones (excluding diaryl/α,β-unsaturated/α-hetero) is 2. The number of benzene rings is 2. The number of phenolic OH excluding ortho intramolecular Hbond substituents is 1. The van der Waals surface area contributed by atoms with E-state index in [9.17, 15) is 24.3 Å². The third kappa shape index (κ3) is 11.8. The fraction of sp³-hybridized carbons (Fsp3) is 0.673. The summed E-state index contributed by atoms with van der Waals surface area (Å²) in [6, 6.07) is 10.4. The number of hydrogen-bond donors (Lipinski definition) is 1. The fourth-order valence-corrected chi connectivity index (χ4v) is 9.05. The van der Waals surface area contributed by atoms with Gasteiger partial charge in [-0.3, -0.25) is 29.0 Å². The van der Waals surface area contributed by atoms with Crippen molar-refractivity contribution >= 4 is 23.5 Å². The van der Waals surface area contributed by atoms with Crippen molar-refractivity contribution in [1.29, 1.82) is 0 Å². The van der Waals surface area contributed by atoms with Gasteiger partial charge in [-0.25, -0.2) is 0 Å². The molecule has 0 bridgehead atoms. The van der Waals surface area contributed by atoms with Gasteiger partial charge < -0.3 is 14.6 Å². The molecular weight excluding hydrogens is 729 g/mol. The largest absolute Gasteiger partial charge is 0.507 e. The third-order valence-electron chi connectivity index (χ3n) is 12.7. The van der Waals surface area contributed by atoms with Crippen LogP contribution in [0.5, 0.6) is 5.75 Å². The molecule has 0 saturated carbocycles. The molecule has 2 heterocycles. The highest BCUT2D eigenvalue weighted by Crippen LogP contribution is 2.44. The molecule has 1 N–H and O–H groups in total. The molecule has 0 spiro atoms. The molecule has 0 aliphatic carbocycles. The van der Waals surface area contributed by atoms with E-state index in [-0.39, 0.29) is 57.4 Å². The first-order valence-corrected chi connectivity index (χ1v) is 21.3. The van der Waals surface area contributed by atoms with Crippen LogP contribution < -0.4 is 0 Å². The number of ether oxygens (including phenoxy) is 2. The average molecular weight is 805 g/mol. The number of carbonyl (C=O) groups excluding carboxylic acids is 4. The quantitative estimate of drug-likeness (QED) is 0.109. The molecule has 2 aromatic carbocycles. The molecule has 4 rings (SSSR count). The standard InChI is InChI=1S/C26H34O3.C23H42N2O4/c1-8-9-15-18-19(23(28)22(27)17-13-11-10-12-14-17)16-20(25(2,3)4)24(29)21(18)26(5,6)7;1-20(2)12-16(13-21(3,4)24(20)9)28-18(26)11-19(27)29-17-14-22(5,6)25(10)23(7,8)15-17/h10-14,16,29H,8-9,15H2,1-7H3;16-17H,11-15H2,1-10H3. The number of esters is 2. The van der Waals surface area contributed by atoms with Crippen LogP contribution >= 0.6 is 0 Å². The summed E-state index contributed by atoms with van der Waals surface area (Å²) < 4.78 is 11.4. The summed E-state index contributed by atoms with van der Waals surface area (Å²) in [6.45, 7) is 31.5. The van der Waals surface area contributed by atoms with Crippen molar-refractivity contribution in [3.63, 3.8) is 0 Å². The molecule has 2 aromatic rings. The first-order valence-electron chi connectivity index (χ1n) is 21.3. The van der Waals surface area contributed by atoms with E-state index in [4.69, 9.17) is 9.47 Å². The molecular formula is C49H76N2O7. The Morgan fingerprint density at radius 1 is 0.690 bits per heavy atom. The number of phenols is 1. The van der Waals surface area contributed by atoms with E-state index < -0.39 is 23.5 Å². The summed E-state index contributed by atoms with van der Waals surface area (Å²) in [5.74, 6) is -1.72. The van der Waals surface area contributed by atoms with Crippen LogP contribution in [0.4, 0.5) is 0 Å². The maximum atomic E-state index is 13.4. The maximum absolute atomic E-state index is 13.4. The number of likely N-dealkylation sites (tertiary alicyclic amines) is 2. The van der Waals surface area contributed by atoms with Gasteiger partial charge in [0.05, 0.1) is 0 Å². The van der Waals surface area contributed by atoms with Gasteiger partial charge in [-0.1, -0.05) is 85.2 Å². The predicted molar refractivity (Wildman–Crippen MR) is 234 cm³/mol. The molecule has 2 aliphatic heterocycles. The zero-order valence-corrected chi connectivity index (χ0v) is 39.1. The zero-order chi connectivity index (χ0) is 44.4. The first kappa shape index (κ1) is 48.8. The molecule has 9 nitrogen and oxygen atoms in total. The van der Waals surface area contributed by atoms with Gasteiger partial charge >= 0.3 is 11.9 Å². The highest BCUT2D eigenvalue weighted by atomic mass is 16.6. The highest BCUT2D eigenvalue weighted by Gasteiger charge is 2.46. The van der Waals surface area contributed by atoms with Crippen LogP contribution in [-0.2, 0) is 36.3 Å². The summed E-state index contributed by atoms with van der Waals surface area (Å²) in [7, 11) is 4.22. The van der Waals surface area contributed by atoms with Crippen molar-refractivity contribution in [3.05, 3.63) is 64.2 Å². The summed E-state index contributed by atoms with van der Waals surface area (Å²) in [6.07, 6.45) is 4.84. The van der Waals surface area contributed by atoms with Crippen molar-refractivity contribution in [1.82, 2.24) is 9.80 Å². The molecule has 2 saturated heterocycles. The fourth-order valence-electron chi connectivity index (χ4n) is 9.05. The highest BCUT2D eigenvalue weighted by molar-refractivity contribution is 6.49. The summed E-state index contributed by atoms with van der Waals surface area (Å²) in [4.78, 5) is 55.9. The predicted octanol–water partition coefficient (Wildman–Crippen LogP) is 10.2. The Labute approximate surface area is 350 Å². The van der Waals surface area contributed by atoms with E-state index in [1.54, 1.807) is 30.3 Å². The van der Waals surface area contributed by atoms with Gasteiger partial charge in [0.15, 0.2) is 0 Å². The van der Waals surface area contributed by atoms with Crippen molar-refractivity contribution in [2.24, 2.45) is 0 Å². The maximum Gasteiger partial charge on any atom is 0.317 e. The summed E-state index contributed by atoms with van der Waals surface area (Å²) in [5.41, 5.74) is 2.10. The second kappa shape index (κ2) is 18.0. The van der Waals surface area contributed by atoms with E-state index in [0.717, 1.165) is 49.7 Å². The van der Waals surface area contributed by atoms with Crippen molar-refractivity contribution in [2.45, 2.75) is 200 Å². The smallest absolute Gasteiger partial charge is 0.317 e. The molecule has 0 amide bonds. The Morgan fingerprint density at radius 3 is 1.47 bits per heavy atom. The molecule has 0 unspecified atom stereocenters. The number of aromatic hydroxyl groups is 1. The lowest BCUT2D eigenvalue weighted by Gasteiger charge is -2.53. The monoisotopic (exact) mass is 805 g/mol. The van der Waals surface area contributed by atoms with Gasteiger partial charge in [0, 0.05) is 70.1 Å². The van der Waals surface area contributed by atoms with Gasteiger partial charge in [-0.05, 0) is 105 Å². The lowest BCUT2D eigenvalue weighted by molar-refractivity contribution is -0.169. The number of hydrogen-bond acceptors (Lipinski definition) is 9. The van der Waals surface area contributed by atoms with Gasteiger partial charge in [-0.2, -0.15) is 0 Å². The van der Waals surface area contributed by atoms with Crippen LogP contribution in [0.25, 0.3) is 0 Å². The third-order valence-corrected chi connectivity index (χ3v) is 12.7. The first-order chi connectivity index (χ1) is 26.4. The second-order valence-corrected chi connectivity index (χ2v) is 21.4. The number of piperidine rings is 2. The topological polar surface area (TPSA) is 113 Å². The number of ketones is 2. The number of nitrogens with zero attached hydrogens (tertiary/aromatic N) is 2. The molecule has 324 valence electrons. The van der Waals surface area contributed by atoms with Crippen LogP contribution in [0.3, 0.4) is 0 Å². The number of carbonyl (C=O) groups is 4. The summed E-state index contributed by atoms with van der Waals surface area (Å²) >= 11 is 0. The number of rotatable bonds is 10. The minimum absolute atomic E-state index is 0.0709. The van der Waals surface area contributed by atoms with E-state index in [1.165, 1.54) is 0 Å². The Morgan fingerprint density at radius 2 is 1.10 bits per heavy atom. The molecule has 0 atom stereocenters. The molecule has 0 radical (unpaired) electrons. The van der Waals surface area contributed by atoms with Crippen molar-refractivity contribution in [2.75, 3.05) is 14.1 Å². The SMILES string of the molecule is CCCCc1c(C(=O)C(=O)c2ccccc2)cc(C(C)(C)C)c(O)c1C(C)(C)C.CN1C(C)(C)CC(OC(=O)CC(=O)OC2CC(C)(C)N(C)C(C)(C)C2)CC1(C)C. The lowest BCUT2D eigenvalue weighted by Crippen LogP contribution is -2.60. The van der Waals surface area contributed by atoms with Gasteiger partial charge in [0.2, 0.25) is 11.6 Å². The second-order valence-electron chi connectivity index (χ2n) is 21.4. The van der Waals surface area contributed by atoms with E-state index in [1.807, 2.05) is 47.6 Å². The lowest BCUT2D eigenvalue weighted by atomic mass is 9.74. The minimum Gasteiger partial charge on any atom is -0.507 e. The molecule has 0 aromatic heterocycles. The van der Waals surface area contributed by atoms with E-state index in [2.05, 4.69) is 86.2 Å². The van der Waals surface area contributed by atoms with Crippen molar-refractivity contribution in [3.8, 4) is 5.75 Å². The van der Waals surface area contributed by atoms with Gasteiger partial charge in [0.25, 0.3) is 0 Å².